The van der Waals surface area contributed by atoms with Gasteiger partial charge >= 0.3 is 0 Å². The molecule has 178 valence electrons. The van der Waals surface area contributed by atoms with Gasteiger partial charge < -0.3 is 24.4 Å². The minimum atomic E-state index is -0.352. The first-order valence-electron chi connectivity index (χ1n) is 11.0. The maximum atomic E-state index is 13.1. The second-order valence-corrected chi connectivity index (χ2v) is 7.96. The molecule has 2 aromatic carbocycles. The van der Waals surface area contributed by atoms with E-state index in [0.717, 1.165) is 18.8 Å². The number of rotatable bonds is 8. The highest BCUT2D eigenvalue weighted by Crippen LogP contribution is 2.19. The van der Waals surface area contributed by atoms with Crippen molar-refractivity contribution in [3.8, 4) is 11.4 Å². The van der Waals surface area contributed by atoms with Crippen molar-refractivity contribution >= 4 is 23.2 Å². The van der Waals surface area contributed by atoms with Gasteiger partial charge in [-0.25, -0.2) is 4.39 Å². The van der Waals surface area contributed by atoms with Gasteiger partial charge in [-0.05, 0) is 48.5 Å². The number of nitrogens with one attached hydrogen (secondary N) is 1. The van der Waals surface area contributed by atoms with Gasteiger partial charge in [-0.2, -0.15) is 4.98 Å². The van der Waals surface area contributed by atoms with Gasteiger partial charge in [-0.3, -0.25) is 9.59 Å². The molecule has 10 heteroatoms. The number of halogens is 1. The number of morpholine rings is 1. The fourth-order valence-corrected chi connectivity index (χ4v) is 3.56. The van der Waals surface area contributed by atoms with Gasteiger partial charge in [0.2, 0.25) is 23.5 Å². The number of carbonyl (C=O) groups excluding carboxylic acids is 2. The molecule has 4 rings (SSSR count). The Bertz CT molecular complexity index is 1110. The molecule has 1 aliphatic rings. The van der Waals surface area contributed by atoms with Crippen LogP contribution in [-0.2, 0) is 20.7 Å². The number of benzene rings is 2. The summed E-state index contributed by atoms with van der Waals surface area (Å²) in [6, 6.07) is 13.3. The lowest BCUT2D eigenvalue weighted by molar-refractivity contribution is -0.133. The molecule has 0 saturated carbocycles. The van der Waals surface area contributed by atoms with E-state index in [9.17, 15) is 14.0 Å². The number of aryl methyl sites for hydroxylation is 1. The van der Waals surface area contributed by atoms with Gasteiger partial charge in [0.05, 0.1) is 19.8 Å². The van der Waals surface area contributed by atoms with Crippen molar-refractivity contribution in [1.82, 2.24) is 15.0 Å². The number of amides is 2. The van der Waals surface area contributed by atoms with E-state index in [1.807, 2.05) is 24.3 Å². The van der Waals surface area contributed by atoms with E-state index >= 15 is 0 Å². The summed E-state index contributed by atoms with van der Waals surface area (Å²) in [5, 5.41) is 6.68. The lowest BCUT2D eigenvalue weighted by Gasteiger charge is -2.28. The molecule has 1 fully saturated rings. The van der Waals surface area contributed by atoms with Gasteiger partial charge in [0, 0.05) is 49.9 Å². The molecule has 2 amide bonds. The van der Waals surface area contributed by atoms with Gasteiger partial charge in [0.15, 0.2) is 0 Å². The highest BCUT2D eigenvalue weighted by Gasteiger charge is 2.16. The molecule has 34 heavy (non-hydrogen) atoms. The minimum Gasteiger partial charge on any atom is -0.378 e. The smallest absolute Gasteiger partial charge is 0.243 e. The zero-order chi connectivity index (χ0) is 23.9. The molecule has 0 spiro atoms. The first-order chi connectivity index (χ1) is 16.5. The number of ether oxygens (including phenoxy) is 1. The summed E-state index contributed by atoms with van der Waals surface area (Å²) in [5.41, 5.74) is 2.37. The summed E-state index contributed by atoms with van der Waals surface area (Å²) in [5.74, 6) is -0.235. The molecule has 0 bridgehead atoms. The number of anilines is 2. The highest BCUT2D eigenvalue weighted by molar-refractivity contribution is 5.94. The normalized spacial score (nSPS) is 13.5. The number of nitrogens with zero attached hydrogens (tertiary/aromatic N) is 4. The Hall–Kier alpha value is -3.79. The monoisotopic (exact) mass is 467 g/mol. The maximum Gasteiger partial charge on any atom is 0.243 e. The van der Waals surface area contributed by atoms with Crippen molar-refractivity contribution in [3.63, 3.8) is 0 Å². The van der Waals surface area contributed by atoms with E-state index in [0.29, 0.717) is 36.2 Å². The lowest BCUT2D eigenvalue weighted by atomic mass is 10.2. The number of hydrogen-bond acceptors (Lipinski definition) is 7. The van der Waals surface area contributed by atoms with Crippen LogP contribution in [0.15, 0.2) is 53.1 Å². The van der Waals surface area contributed by atoms with Crippen molar-refractivity contribution in [2.24, 2.45) is 0 Å². The van der Waals surface area contributed by atoms with Crippen molar-refractivity contribution < 1.29 is 23.2 Å². The highest BCUT2D eigenvalue weighted by atomic mass is 19.1. The van der Waals surface area contributed by atoms with E-state index in [2.05, 4.69) is 20.4 Å². The molecule has 3 aromatic rings. The third-order valence-corrected chi connectivity index (χ3v) is 5.46. The molecule has 1 aliphatic heterocycles. The zero-order valence-corrected chi connectivity index (χ0v) is 18.9. The van der Waals surface area contributed by atoms with Gasteiger partial charge in [-0.15, -0.1) is 0 Å². The first-order valence-corrected chi connectivity index (χ1v) is 11.0. The fraction of sp³-hybridized carbons (Fsp3) is 0.333. The summed E-state index contributed by atoms with van der Waals surface area (Å²) in [7, 11) is 1.57. The van der Waals surface area contributed by atoms with Crippen LogP contribution in [0.5, 0.6) is 0 Å². The van der Waals surface area contributed by atoms with Crippen molar-refractivity contribution in [2.45, 2.75) is 12.8 Å². The van der Waals surface area contributed by atoms with Crippen LogP contribution < -0.4 is 10.2 Å². The Labute approximate surface area is 196 Å². The van der Waals surface area contributed by atoms with Crippen LogP contribution in [0.4, 0.5) is 15.8 Å². The Morgan fingerprint density at radius 3 is 2.50 bits per heavy atom. The second-order valence-electron chi connectivity index (χ2n) is 7.96. The van der Waals surface area contributed by atoms with Crippen LogP contribution in [0.2, 0.25) is 0 Å². The van der Waals surface area contributed by atoms with E-state index in [4.69, 9.17) is 9.26 Å². The summed E-state index contributed by atoms with van der Waals surface area (Å²) in [4.78, 5) is 32.6. The summed E-state index contributed by atoms with van der Waals surface area (Å²) >= 11 is 0. The quantitative estimate of drug-likeness (QED) is 0.544. The topological polar surface area (TPSA) is 101 Å². The fourth-order valence-electron chi connectivity index (χ4n) is 3.56. The summed E-state index contributed by atoms with van der Waals surface area (Å²) < 4.78 is 23.6. The maximum absolute atomic E-state index is 13.1. The van der Waals surface area contributed by atoms with Crippen molar-refractivity contribution in [1.29, 1.82) is 0 Å². The Morgan fingerprint density at radius 2 is 1.79 bits per heavy atom. The van der Waals surface area contributed by atoms with Crippen molar-refractivity contribution in [3.05, 3.63) is 60.2 Å². The molecule has 1 aromatic heterocycles. The van der Waals surface area contributed by atoms with Crippen LogP contribution in [0.25, 0.3) is 11.4 Å². The lowest BCUT2D eigenvalue weighted by Crippen LogP contribution is -2.36. The van der Waals surface area contributed by atoms with Gasteiger partial charge in [-0.1, -0.05) is 5.16 Å². The number of hydrogen-bond donors (Lipinski definition) is 1. The molecule has 1 N–H and O–H groups in total. The summed E-state index contributed by atoms with van der Waals surface area (Å²) in [6.45, 7) is 3.03. The number of carbonyl (C=O) groups is 2. The van der Waals surface area contributed by atoms with E-state index in [-0.39, 0.29) is 37.0 Å². The molecule has 1 saturated heterocycles. The molecule has 0 radical (unpaired) electrons. The van der Waals surface area contributed by atoms with Crippen molar-refractivity contribution in [2.75, 3.05) is 50.1 Å². The standard InChI is InChI=1S/C24H26FN5O4/c1-29(16-21(31)26-19-6-8-20(9-7-19)30-12-14-33-15-13-30)23(32)11-10-22-27-24(28-34-22)17-2-4-18(25)5-3-17/h2-9H,10-16H2,1H3,(H,26,31). The number of likely N-dealkylation sites (N-methyl/N-ethyl adjacent to an activating group) is 1. The molecule has 0 aliphatic carbocycles. The van der Waals surface area contributed by atoms with Crippen LogP contribution in [0.3, 0.4) is 0 Å². The van der Waals surface area contributed by atoms with Crippen LogP contribution >= 0.6 is 0 Å². The Kier molecular flexibility index (Phi) is 7.48. The zero-order valence-electron chi connectivity index (χ0n) is 18.9. The average molecular weight is 468 g/mol. The predicted molar refractivity (Wildman–Crippen MR) is 124 cm³/mol. The van der Waals surface area contributed by atoms with Gasteiger partial charge in [0.1, 0.15) is 5.82 Å². The third kappa shape index (κ3) is 6.16. The average Bonchev–Trinajstić information content (AvgIpc) is 3.33. The summed E-state index contributed by atoms with van der Waals surface area (Å²) in [6.07, 6.45) is 0.352. The first kappa shape index (κ1) is 23.4. The van der Waals surface area contributed by atoms with Crippen LogP contribution in [0, 0.1) is 5.82 Å². The second kappa shape index (κ2) is 10.9. The molecule has 0 atom stereocenters. The minimum absolute atomic E-state index is 0.0747. The van der Waals surface area contributed by atoms with E-state index in [1.54, 1.807) is 19.2 Å². The Balaban J connectivity index is 1.22. The number of aromatic nitrogens is 2. The third-order valence-electron chi connectivity index (χ3n) is 5.46. The molecular formula is C24H26FN5O4. The largest absolute Gasteiger partial charge is 0.378 e. The SMILES string of the molecule is CN(CC(=O)Nc1ccc(N2CCOCC2)cc1)C(=O)CCc1nc(-c2ccc(F)cc2)no1. The molecule has 9 nitrogen and oxygen atoms in total. The van der Waals surface area contributed by atoms with Gasteiger partial charge in [0.25, 0.3) is 0 Å². The van der Waals surface area contributed by atoms with Crippen LogP contribution in [0.1, 0.15) is 12.3 Å². The predicted octanol–water partition coefficient (Wildman–Crippen LogP) is 2.74. The van der Waals surface area contributed by atoms with Crippen LogP contribution in [-0.4, -0.2) is 66.8 Å². The van der Waals surface area contributed by atoms with E-state index < -0.39 is 0 Å². The van der Waals surface area contributed by atoms with E-state index in [1.165, 1.54) is 17.0 Å². The molecular weight excluding hydrogens is 441 g/mol. The molecule has 2 heterocycles. The Morgan fingerprint density at radius 1 is 1.09 bits per heavy atom. The molecule has 0 unspecified atom stereocenters.